The Balaban J connectivity index is 3.09. The number of nitrogens with one attached hydrogen (secondary N) is 2. The lowest BCUT2D eigenvalue weighted by Crippen LogP contribution is -2.12. The van der Waals surface area contributed by atoms with Crippen LogP contribution in [0.2, 0.25) is 0 Å². The molecule has 16 heavy (non-hydrogen) atoms. The minimum atomic E-state index is -0.116. The van der Waals surface area contributed by atoms with Crippen molar-refractivity contribution in [2.45, 2.75) is 27.2 Å². The minimum Gasteiger partial charge on any atom is -0.326 e. The summed E-state index contributed by atoms with van der Waals surface area (Å²) >= 11 is 0. The first-order chi connectivity index (χ1) is 7.54. The highest BCUT2D eigenvalue weighted by atomic mass is 16.2. The van der Waals surface area contributed by atoms with Gasteiger partial charge in [0.1, 0.15) is 0 Å². The molecule has 4 nitrogen and oxygen atoms in total. The summed E-state index contributed by atoms with van der Waals surface area (Å²) in [6.45, 7) is 4.90. The Bertz CT molecular complexity index is 379. The van der Waals surface area contributed by atoms with Gasteiger partial charge >= 0.3 is 0 Å². The molecule has 0 radical (unpaired) electrons. The summed E-state index contributed by atoms with van der Waals surface area (Å²) in [4.78, 5) is 22.0. The van der Waals surface area contributed by atoms with Crippen LogP contribution < -0.4 is 10.6 Å². The fourth-order valence-electron chi connectivity index (χ4n) is 1.58. The van der Waals surface area contributed by atoms with E-state index in [1.54, 1.807) is 6.07 Å². The molecule has 2 N–H and O–H groups in total. The van der Waals surface area contributed by atoms with E-state index in [0.29, 0.717) is 0 Å². The number of hydrogen-bond donors (Lipinski definition) is 2. The van der Waals surface area contributed by atoms with E-state index in [9.17, 15) is 9.59 Å². The molecular weight excluding hydrogens is 204 g/mol. The van der Waals surface area contributed by atoms with Crippen LogP contribution in [0, 0.1) is 0 Å². The maximum Gasteiger partial charge on any atom is 0.221 e. The first-order valence-corrected chi connectivity index (χ1v) is 5.21. The molecule has 0 saturated heterocycles. The molecule has 0 aliphatic carbocycles. The lowest BCUT2D eigenvalue weighted by Gasteiger charge is -2.13. The fourth-order valence-corrected chi connectivity index (χ4v) is 1.58. The lowest BCUT2D eigenvalue weighted by atomic mass is 10.1. The Hall–Kier alpha value is -1.84. The third-order valence-corrected chi connectivity index (χ3v) is 2.15. The van der Waals surface area contributed by atoms with E-state index in [0.717, 1.165) is 23.4 Å². The van der Waals surface area contributed by atoms with Gasteiger partial charge < -0.3 is 10.6 Å². The van der Waals surface area contributed by atoms with Crippen molar-refractivity contribution in [1.29, 1.82) is 0 Å². The summed E-state index contributed by atoms with van der Waals surface area (Å²) in [6.07, 6.45) is 0.742. The standard InChI is InChI=1S/C12H16N2O2/c1-4-10-11(13-8(2)15)6-5-7-12(10)14-9(3)16/h5-7H,4H2,1-3H3,(H,13,15)(H,14,16). The van der Waals surface area contributed by atoms with Crippen molar-refractivity contribution in [1.82, 2.24) is 0 Å². The zero-order valence-electron chi connectivity index (χ0n) is 9.76. The monoisotopic (exact) mass is 220 g/mol. The molecule has 0 saturated carbocycles. The van der Waals surface area contributed by atoms with Gasteiger partial charge in [-0.05, 0) is 24.1 Å². The van der Waals surface area contributed by atoms with Crippen molar-refractivity contribution in [2.75, 3.05) is 10.6 Å². The highest BCUT2D eigenvalue weighted by molar-refractivity contribution is 5.94. The smallest absolute Gasteiger partial charge is 0.221 e. The SMILES string of the molecule is CCc1c(NC(C)=O)cccc1NC(C)=O. The van der Waals surface area contributed by atoms with Crippen LogP contribution in [-0.4, -0.2) is 11.8 Å². The topological polar surface area (TPSA) is 58.2 Å². The van der Waals surface area contributed by atoms with Gasteiger partial charge in [0.25, 0.3) is 0 Å². The molecule has 0 fully saturated rings. The van der Waals surface area contributed by atoms with E-state index < -0.39 is 0 Å². The Kier molecular flexibility index (Phi) is 4.05. The number of benzene rings is 1. The Morgan fingerprint density at radius 2 is 1.50 bits per heavy atom. The zero-order chi connectivity index (χ0) is 12.1. The quantitative estimate of drug-likeness (QED) is 0.820. The number of carbonyl (C=O) groups is 2. The largest absolute Gasteiger partial charge is 0.326 e. The van der Waals surface area contributed by atoms with Gasteiger partial charge in [-0.15, -0.1) is 0 Å². The first-order valence-electron chi connectivity index (χ1n) is 5.21. The highest BCUT2D eigenvalue weighted by Crippen LogP contribution is 2.25. The molecule has 1 rings (SSSR count). The number of hydrogen-bond acceptors (Lipinski definition) is 2. The van der Waals surface area contributed by atoms with Gasteiger partial charge in [0.15, 0.2) is 0 Å². The van der Waals surface area contributed by atoms with E-state index in [4.69, 9.17) is 0 Å². The summed E-state index contributed by atoms with van der Waals surface area (Å²) in [6, 6.07) is 5.45. The van der Waals surface area contributed by atoms with Crippen LogP contribution in [0.25, 0.3) is 0 Å². The van der Waals surface area contributed by atoms with Crippen LogP contribution in [0.3, 0.4) is 0 Å². The molecule has 0 heterocycles. The average molecular weight is 220 g/mol. The molecule has 2 amide bonds. The molecule has 0 aliphatic heterocycles. The summed E-state index contributed by atoms with van der Waals surface area (Å²) in [5, 5.41) is 5.50. The maximum absolute atomic E-state index is 11.0. The Labute approximate surface area is 95.0 Å². The van der Waals surface area contributed by atoms with Gasteiger partial charge in [-0.25, -0.2) is 0 Å². The number of rotatable bonds is 3. The van der Waals surface area contributed by atoms with Crippen molar-refractivity contribution >= 4 is 23.2 Å². The van der Waals surface area contributed by atoms with Gasteiger partial charge in [-0.3, -0.25) is 9.59 Å². The Morgan fingerprint density at radius 3 is 1.81 bits per heavy atom. The molecule has 4 heteroatoms. The highest BCUT2D eigenvalue weighted by Gasteiger charge is 2.08. The molecule has 1 aromatic carbocycles. The van der Waals surface area contributed by atoms with E-state index in [-0.39, 0.29) is 11.8 Å². The second kappa shape index (κ2) is 5.30. The molecular formula is C12H16N2O2. The third-order valence-electron chi connectivity index (χ3n) is 2.15. The summed E-state index contributed by atoms with van der Waals surface area (Å²) in [7, 11) is 0. The second-order valence-corrected chi connectivity index (χ2v) is 3.55. The second-order valence-electron chi connectivity index (χ2n) is 3.55. The molecule has 0 unspecified atom stereocenters. The molecule has 0 atom stereocenters. The van der Waals surface area contributed by atoms with E-state index in [1.165, 1.54) is 13.8 Å². The molecule has 86 valence electrons. The predicted octanol–water partition coefficient (Wildman–Crippen LogP) is 2.17. The van der Waals surface area contributed by atoms with Gasteiger partial charge in [-0.1, -0.05) is 13.0 Å². The van der Waals surface area contributed by atoms with Crippen LogP contribution in [0.4, 0.5) is 11.4 Å². The van der Waals surface area contributed by atoms with Crippen LogP contribution >= 0.6 is 0 Å². The van der Waals surface area contributed by atoms with Gasteiger partial charge in [0, 0.05) is 25.2 Å². The van der Waals surface area contributed by atoms with Crippen LogP contribution in [-0.2, 0) is 16.0 Å². The van der Waals surface area contributed by atoms with Gasteiger partial charge in [0.2, 0.25) is 11.8 Å². The van der Waals surface area contributed by atoms with Crippen molar-refractivity contribution in [2.24, 2.45) is 0 Å². The zero-order valence-corrected chi connectivity index (χ0v) is 9.76. The van der Waals surface area contributed by atoms with Gasteiger partial charge in [0.05, 0.1) is 0 Å². The average Bonchev–Trinajstić information content (AvgIpc) is 2.16. The van der Waals surface area contributed by atoms with Crippen molar-refractivity contribution in [3.05, 3.63) is 23.8 Å². The van der Waals surface area contributed by atoms with Gasteiger partial charge in [-0.2, -0.15) is 0 Å². The van der Waals surface area contributed by atoms with Crippen LogP contribution in [0.5, 0.6) is 0 Å². The van der Waals surface area contributed by atoms with E-state index in [1.807, 2.05) is 19.1 Å². The van der Waals surface area contributed by atoms with Crippen molar-refractivity contribution in [3.63, 3.8) is 0 Å². The van der Waals surface area contributed by atoms with Crippen LogP contribution in [0.1, 0.15) is 26.3 Å². The summed E-state index contributed by atoms with van der Waals surface area (Å²) in [5.74, 6) is -0.232. The molecule has 0 aliphatic rings. The molecule has 0 aromatic heterocycles. The minimum absolute atomic E-state index is 0.116. The first kappa shape index (κ1) is 12.2. The Morgan fingerprint density at radius 1 is 1.06 bits per heavy atom. The molecule has 0 bridgehead atoms. The normalized spacial score (nSPS) is 9.69. The fraction of sp³-hybridized carbons (Fsp3) is 0.333. The summed E-state index contributed by atoms with van der Waals surface area (Å²) < 4.78 is 0. The molecule has 1 aromatic rings. The maximum atomic E-state index is 11.0. The molecule has 0 spiro atoms. The third kappa shape index (κ3) is 3.08. The van der Waals surface area contributed by atoms with Crippen molar-refractivity contribution in [3.8, 4) is 0 Å². The number of amides is 2. The summed E-state index contributed by atoms with van der Waals surface area (Å²) in [5.41, 5.74) is 2.44. The predicted molar refractivity (Wildman–Crippen MR) is 64.4 cm³/mol. The van der Waals surface area contributed by atoms with E-state index in [2.05, 4.69) is 10.6 Å². The van der Waals surface area contributed by atoms with Crippen molar-refractivity contribution < 1.29 is 9.59 Å². The van der Waals surface area contributed by atoms with Crippen LogP contribution in [0.15, 0.2) is 18.2 Å². The van der Waals surface area contributed by atoms with E-state index >= 15 is 0 Å². The number of carbonyl (C=O) groups excluding carboxylic acids is 2. The number of anilines is 2. The lowest BCUT2D eigenvalue weighted by molar-refractivity contribution is -0.115.